The Bertz CT molecular complexity index is 397. The third kappa shape index (κ3) is 1.70. The number of nitriles is 1. The molecule has 0 unspecified atom stereocenters. The molecular weight excluding hydrogens is 160 g/mol. The summed E-state index contributed by atoms with van der Waals surface area (Å²) in [6.45, 7) is 7.55. The van der Waals surface area contributed by atoms with Crippen molar-refractivity contribution in [3.05, 3.63) is 35.4 Å². The van der Waals surface area contributed by atoms with Crippen LogP contribution >= 0.6 is 0 Å². The largest absolute Gasteiger partial charge is 0.398 e. The first kappa shape index (κ1) is 9.34. The van der Waals surface area contributed by atoms with Crippen LogP contribution in [0, 0.1) is 18.3 Å². The fourth-order valence-corrected chi connectivity index (χ4v) is 1.17. The van der Waals surface area contributed by atoms with E-state index in [4.69, 9.17) is 11.0 Å². The van der Waals surface area contributed by atoms with Gasteiger partial charge < -0.3 is 5.73 Å². The first-order valence-electron chi connectivity index (χ1n) is 4.02. The molecule has 13 heavy (non-hydrogen) atoms. The molecule has 1 aromatic carbocycles. The number of rotatable bonds is 1. The van der Waals surface area contributed by atoms with E-state index >= 15 is 0 Å². The number of hydrogen-bond acceptors (Lipinski definition) is 2. The van der Waals surface area contributed by atoms with Crippen molar-refractivity contribution >= 4 is 11.3 Å². The highest BCUT2D eigenvalue weighted by Gasteiger charge is 2.05. The molecule has 2 nitrogen and oxygen atoms in total. The maximum atomic E-state index is 8.85. The summed E-state index contributed by atoms with van der Waals surface area (Å²) in [7, 11) is 0. The molecule has 1 rings (SSSR count). The van der Waals surface area contributed by atoms with Crippen LogP contribution in [0.15, 0.2) is 18.7 Å². The Labute approximate surface area is 78.3 Å². The molecule has 0 saturated heterocycles. The lowest BCUT2D eigenvalue weighted by Crippen LogP contribution is -1.94. The second-order valence-electron chi connectivity index (χ2n) is 3.15. The summed E-state index contributed by atoms with van der Waals surface area (Å²) in [6, 6.07) is 5.72. The molecular formula is C11H12N2. The zero-order chi connectivity index (χ0) is 10.0. The van der Waals surface area contributed by atoms with Gasteiger partial charge in [0, 0.05) is 5.69 Å². The van der Waals surface area contributed by atoms with Crippen molar-refractivity contribution in [2.24, 2.45) is 0 Å². The molecule has 0 heterocycles. The van der Waals surface area contributed by atoms with Crippen molar-refractivity contribution in [3.8, 4) is 6.07 Å². The topological polar surface area (TPSA) is 49.8 Å². The van der Waals surface area contributed by atoms with E-state index in [2.05, 4.69) is 12.6 Å². The standard InChI is InChI=1S/C11H12N2/c1-7(2)10-5-11(13)8(3)4-9(10)6-12/h4-5H,1,13H2,2-3H3. The van der Waals surface area contributed by atoms with Gasteiger partial charge in [0.1, 0.15) is 0 Å². The van der Waals surface area contributed by atoms with Crippen molar-refractivity contribution < 1.29 is 0 Å². The van der Waals surface area contributed by atoms with Gasteiger partial charge in [-0.3, -0.25) is 0 Å². The molecule has 2 heteroatoms. The fraction of sp³-hybridized carbons (Fsp3) is 0.182. The minimum absolute atomic E-state index is 0.638. The summed E-state index contributed by atoms with van der Waals surface area (Å²) in [6.07, 6.45) is 0. The van der Waals surface area contributed by atoms with Gasteiger partial charge in [0.25, 0.3) is 0 Å². The van der Waals surface area contributed by atoms with Gasteiger partial charge in [0.05, 0.1) is 11.6 Å². The zero-order valence-electron chi connectivity index (χ0n) is 7.89. The number of nitrogen functional groups attached to an aromatic ring is 1. The van der Waals surface area contributed by atoms with Crippen LogP contribution in [0.3, 0.4) is 0 Å². The highest BCUT2D eigenvalue weighted by molar-refractivity contribution is 5.71. The quantitative estimate of drug-likeness (QED) is 0.661. The van der Waals surface area contributed by atoms with Crippen LogP contribution in [0.25, 0.3) is 5.57 Å². The van der Waals surface area contributed by atoms with Crippen molar-refractivity contribution in [2.45, 2.75) is 13.8 Å². The highest BCUT2D eigenvalue weighted by atomic mass is 14.6. The minimum Gasteiger partial charge on any atom is -0.398 e. The van der Waals surface area contributed by atoms with Gasteiger partial charge in [-0.1, -0.05) is 6.58 Å². The summed E-state index contributed by atoms with van der Waals surface area (Å²) in [4.78, 5) is 0. The minimum atomic E-state index is 0.638. The van der Waals surface area contributed by atoms with Gasteiger partial charge in [-0.25, -0.2) is 0 Å². The van der Waals surface area contributed by atoms with Crippen LogP contribution in [0.1, 0.15) is 23.6 Å². The molecule has 0 atom stereocenters. The summed E-state index contributed by atoms with van der Waals surface area (Å²) >= 11 is 0. The Morgan fingerprint density at radius 1 is 1.54 bits per heavy atom. The summed E-state index contributed by atoms with van der Waals surface area (Å²) in [5.41, 5.74) is 9.71. The smallest absolute Gasteiger partial charge is 0.0998 e. The van der Waals surface area contributed by atoms with E-state index in [1.807, 2.05) is 13.8 Å². The van der Waals surface area contributed by atoms with Crippen molar-refractivity contribution in [1.82, 2.24) is 0 Å². The molecule has 0 radical (unpaired) electrons. The van der Waals surface area contributed by atoms with E-state index in [0.717, 1.165) is 16.7 Å². The monoisotopic (exact) mass is 172 g/mol. The molecule has 1 aromatic rings. The molecule has 2 N–H and O–H groups in total. The number of nitrogens with two attached hydrogens (primary N) is 1. The first-order valence-corrected chi connectivity index (χ1v) is 4.02. The molecule has 0 aromatic heterocycles. The van der Waals surface area contributed by atoms with Gasteiger partial charge in [-0.15, -0.1) is 0 Å². The summed E-state index contributed by atoms with van der Waals surface area (Å²) < 4.78 is 0. The molecule has 66 valence electrons. The van der Waals surface area contributed by atoms with Crippen molar-refractivity contribution in [3.63, 3.8) is 0 Å². The maximum absolute atomic E-state index is 8.85. The number of anilines is 1. The molecule has 0 bridgehead atoms. The predicted octanol–water partition coefficient (Wildman–Crippen LogP) is 2.48. The average molecular weight is 172 g/mol. The number of allylic oxidation sites excluding steroid dienone is 1. The van der Waals surface area contributed by atoms with E-state index in [1.54, 1.807) is 12.1 Å². The second kappa shape index (κ2) is 3.32. The number of aryl methyl sites for hydroxylation is 1. The molecule has 0 aliphatic carbocycles. The van der Waals surface area contributed by atoms with Crippen LogP contribution in [0.2, 0.25) is 0 Å². The molecule has 0 saturated carbocycles. The summed E-state index contributed by atoms with van der Waals surface area (Å²) in [5, 5.41) is 8.85. The molecule has 0 aliphatic heterocycles. The number of benzene rings is 1. The van der Waals surface area contributed by atoms with Gasteiger partial charge >= 0.3 is 0 Å². The average Bonchev–Trinajstić information content (AvgIpc) is 2.08. The van der Waals surface area contributed by atoms with E-state index in [9.17, 15) is 0 Å². The van der Waals surface area contributed by atoms with Gasteiger partial charge in [-0.05, 0) is 42.7 Å². The number of hydrogen-bond donors (Lipinski definition) is 1. The lowest BCUT2D eigenvalue weighted by atomic mass is 9.99. The van der Waals surface area contributed by atoms with Crippen molar-refractivity contribution in [1.29, 1.82) is 5.26 Å². The lowest BCUT2D eigenvalue weighted by molar-refractivity contribution is 1.39. The van der Waals surface area contributed by atoms with Gasteiger partial charge in [0.15, 0.2) is 0 Å². The molecule has 0 spiro atoms. The maximum Gasteiger partial charge on any atom is 0.0998 e. The van der Waals surface area contributed by atoms with Crippen LogP contribution in [-0.2, 0) is 0 Å². The Kier molecular flexibility index (Phi) is 2.39. The Balaban J connectivity index is 3.44. The van der Waals surface area contributed by atoms with Crippen molar-refractivity contribution in [2.75, 3.05) is 5.73 Å². The highest BCUT2D eigenvalue weighted by Crippen LogP contribution is 2.22. The fourth-order valence-electron chi connectivity index (χ4n) is 1.17. The normalized spacial score (nSPS) is 9.31. The Morgan fingerprint density at radius 3 is 2.62 bits per heavy atom. The van der Waals surface area contributed by atoms with E-state index in [-0.39, 0.29) is 0 Å². The van der Waals surface area contributed by atoms with E-state index in [1.165, 1.54) is 0 Å². The Hall–Kier alpha value is -1.75. The lowest BCUT2D eigenvalue weighted by Gasteiger charge is -2.06. The predicted molar refractivity (Wildman–Crippen MR) is 55.0 cm³/mol. The van der Waals surface area contributed by atoms with Crippen LogP contribution in [0.5, 0.6) is 0 Å². The number of nitrogens with zero attached hydrogens (tertiary/aromatic N) is 1. The molecule has 0 amide bonds. The third-order valence-corrected chi connectivity index (χ3v) is 1.99. The van der Waals surface area contributed by atoms with E-state index in [0.29, 0.717) is 11.3 Å². The summed E-state index contributed by atoms with van der Waals surface area (Å²) in [5.74, 6) is 0. The first-order chi connectivity index (χ1) is 6.06. The second-order valence-corrected chi connectivity index (χ2v) is 3.15. The van der Waals surface area contributed by atoms with Crippen LogP contribution in [-0.4, -0.2) is 0 Å². The Morgan fingerprint density at radius 2 is 2.15 bits per heavy atom. The van der Waals surface area contributed by atoms with E-state index < -0.39 is 0 Å². The zero-order valence-corrected chi connectivity index (χ0v) is 7.89. The van der Waals surface area contributed by atoms with Gasteiger partial charge in [0.2, 0.25) is 0 Å². The van der Waals surface area contributed by atoms with Gasteiger partial charge in [-0.2, -0.15) is 5.26 Å². The molecule has 0 fully saturated rings. The molecule has 0 aliphatic rings. The van der Waals surface area contributed by atoms with Crippen LogP contribution in [0.4, 0.5) is 5.69 Å². The van der Waals surface area contributed by atoms with Crippen LogP contribution < -0.4 is 5.73 Å². The third-order valence-electron chi connectivity index (χ3n) is 1.99. The SMILES string of the molecule is C=C(C)c1cc(N)c(C)cc1C#N.